The van der Waals surface area contributed by atoms with E-state index in [1.54, 1.807) is 12.1 Å². The van der Waals surface area contributed by atoms with Crippen molar-refractivity contribution in [2.45, 2.75) is 25.2 Å². The summed E-state index contributed by atoms with van der Waals surface area (Å²) in [6, 6.07) is 6.09. The number of piperazine rings is 1. The number of hydrogen-bond acceptors (Lipinski definition) is 6. The number of halogens is 1. The molecular weight excluding hydrogens is 361 g/mol. The fourth-order valence-electron chi connectivity index (χ4n) is 3.90. The van der Waals surface area contributed by atoms with E-state index >= 15 is 0 Å². The highest BCUT2D eigenvalue weighted by atomic mass is 19.1. The third-order valence-electron chi connectivity index (χ3n) is 5.51. The van der Waals surface area contributed by atoms with Crippen molar-refractivity contribution in [2.24, 2.45) is 0 Å². The molecule has 0 bridgehead atoms. The number of likely N-dealkylation sites (tertiary alicyclic amines) is 1. The van der Waals surface area contributed by atoms with E-state index in [1.807, 2.05) is 4.90 Å². The summed E-state index contributed by atoms with van der Waals surface area (Å²) < 4.78 is 18.6. The third-order valence-corrected chi connectivity index (χ3v) is 5.51. The lowest BCUT2D eigenvalue weighted by Gasteiger charge is -2.32. The largest absolute Gasteiger partial charge is 0.340 e. The maximum Gasteiger partial charge on any atom is 0.231 e. The minimum atomic E-state index is -0.286. The highest BCUT2D eigenvalue weighted by molar-refractivity contribution is 5.76. The standard InChI is InChI=1S/C20H26FN5O2/c21-17-5-3-15(4-6-17)19-23-20(28-24-19)16-2-1-10-25(14-16)11-7-18(27)26-12-8-22-9-13-26/h3-6,16,22H,1-2,7-14H2. The molecule has 2 fully saturated rings. The van der Waals surface area contributed by atoms with Gasteiger partial charge in [-0.1, -0.05) is 5.16 Å². The molecule has 3 heterocycles. The highest BCUT2D eigenvalue weighted by Crippen LogP contribution is 2.27. The second-order valence-electron chi connectivity index (χ2n) is 7.48. The van der Waals surface area contributed by atoms with Gasteiger partial charge in [0.2, 0.25) is 17.6 Å². The lowest BCUT2D eigenvalue weighted by atomic mass is 9.98. The topological polar surface area (TPSA) is 74.5 Å². The van der Waals surface area contributed by atoms with Gasteiger partial charge in [0.15, 0.2) is 0 Å². The van der Waals surface area contributed by atoms with Crippen molar-refractivity contribution in [3.63, 3.8) is 0 Å². The summed E-state index contributed by atoms with van der Waals surface area (Å²) >= 11 is 0. The van der Waals surface area contributed by atoms with Crippen LogP contribution in [0.15, 0.2) is 28.8 Å². The van der Waals surface area contributed by atoms with E-state index in [4.69, 9.17) is 4.52 Å². The maximum atomic E-state index is 13.1. The van der Waals surface area contributed by atoms with Crippen LogP contribution in [-0.2, 0) is 4.79 Å². The Labute approximate surface area is 163 Å². The molecule has 1 unspecified atom stereocenters. The summed E-state index contributed by atoms with van der Waals surface area (Å²) in [5.74, 6) is 1.23. The lowest BCUT2D eigenvalue weighted by molar-refractivity contribution is -0.132. The predicted octanol–water partition coefficient (Wildman–Crippen LogP) is 1.88. The second-order valence-corrected chi connectivity index (χ2v) is 7.48. The number of carbonyl (C=O) groups is 1. The normalized spacial score (nSPS) is 21.0. The van der Waals surface area contributed by atoms with E-state index in [0.29, 0.717) is 18.1 Å². The Balaban J connectivity index is 1.32. The van der Waals surface area contributed by atoms with Crippen LogP contribution in [0, 0.1) is 5.82 Å². The first kappa shape index (κ1) is 19.0. The molecule has 150 valence electrons. The van der Waals surface area contributed by atoms with E-state index in [2.05, 4.69) is 20.4 Å². The molecule has 4 rings (SSSR count). The van der Waals surface area contributed by atoms with Crippen LogP contribution in [0.5, 0.6) is 0 Å². The van der Waals surface area contributed by atoms with E-state index < -0.39 is 0 Å². The van der Waals surface area contributed by atoms with Gasteiger partial charge in [0.05, 0.1) is 5.92 Å². The van der Waals surface area contributed by atoms with Gasteiger partial charge in [-0.05, 0) is 43.7 Å². The van der Waals surface area contributed by atoms with E-state index in [1.165, 1.54) is 12.1 Å². The number of piperidine rings is 1. The molecule has 0 saturated carbocycles. The fourth-order valence-corrected chi connectivity index (χ4v) is 3.90. The first-order chi connectivity index (χ1) is 13.7. The van der Waals surface area contributed by atoms with Crippen LogP contribution in [0.1, 0.15) is 31.1 Å². The molecule has 7 nitrogen and oxygen atoms in total. The SMILES string of the molecule is O=C(CCN1CCCC(c2nc(-c3ccc(F)cc3)no2)C1)N1CCNCC1. The van der Waals surface area contributed by atoms with Crippen molar-refractivity contribution in [2.75, 3.05) is 45.8 Å². The minimum absolute atomic E-state index is 0.171. The Morgan fingerprint density at radius 3 is 2.79 bits per heavy atom. The molecule has 1 aromatic carbocycles. The van der Waals surface area contributed by atoms with Crippen LogP contribution in [0.2, 0.25) is 0 Å². The van der Waals surface area contributed by atoms with Crippen molar-refractivity contribution >= 4 is 5.91 Å². The number of rotatable bonds is 5. The van der Waals surface area contributed by atoms with Gasteiger partial charge >= 0.3 is 0 Å². The summed E-state index contributed by atoms with van der Waals surface area (Å²) in [7, 11) is 0. The lowest BCUT2D eigenvalue weighted by Crippen LogP contribution is -2.47. The van der Waals surface area contributed by atoms with Crippen molar-refractivity contribution in [1.29, 1.82) is 0 Å². The molecule has 8 heteroatoms. The molecule has 2 aromatic rings. The first-order valence-electron chi connectivity index (χ1n) is 9.99. The van der Waals surface area contributed by atoms with Crippen LogP contribution >= 0.6 is 0 Å². The number of benzene rings is 1. The summed E-state index contributed by atoms with van der Waals surface area (Å²) in [5.41, 5.74) is 0.741. The van der Waals surface area contributed by atoms with Gasteiger partial charge in [-0.2, -0.15) is 4.98 Å². The summed E-state index contributed by atoms with van der Waals surface area (Å²) in [6.45, 7) is 5.93. The number of hydrogen-bond donors (Lipinski definition) is 1. The molecule has 1 atom stereocenters. The maximum absolute atomic E-state index is 13.1. The predicted molar refractivity (Wildman–Crippen MR) is 102 cm³/mol. The van der Waals surface area contributed by atoms with Crippen molar-refractivity contribution in [1.82, 2.24) is 25.3 Å². The Kier molecular flexibility index (Phi) is 5.97. The highest BCUT2D eigenvalue weighted by Gasteiger charge is 2.27. The average Bonchev–Trinajstić information content (AvgIpc) is 3.24. The molecule has 1 aromatic heterocycles. The molecule has 28 heavy (non-hydrogen) atoms. The molecule has 1 amide bonds. The monoisotopic (exact) mass is 387 g/mol. The molecule has 0 aliphatic carbocycles. The first-order valence-corrected chi connectivity index (χ1v) is 9.99. The average molecular weight is 387 g/mol. The Hall–Kier alpha value is -2.32. The van der Waals surface area contributed by atoms with E-state index in [0.717, 1.165) is 64.2 Å². The summed E-state index contributed by atoms with van der Waals surface area (Å²) in [4.78, 5) is 21.2. The number of nitrogens with one attached hydrogen (secondary N) is 1. The Bertz CT molecular complexity index is 788. The van der Waals surface area contributed by atoms with Gasteiger partial charge in [-0.3, -0.25) is 4.79 Å². The summed E-state index contributed by atoms with van der Waals surface area (Å²) in [5, 5.41) is 7.33. The fraction of sp³-hybridized carbons (Fsp3) is 0.550. The number of aromatic nitrogens is 2. The van der Waals surface area contributed by atoms with E-state index in [-0.39, 0.29) is 17.6 Å². The quantitative estimate of drug-likeness (QED) is 0.844. The zero-order valence-corrected chi connectivity index (χ0v) is 15.9. The van der Waals surface area contributed by atoms with Crippen LogP contribution < -0.4 is 5.32 Å². The molecule has 1 N–H and O–H groups in total. The van der Waals surface area contributed by atoms with E-state index in [9.17, 15) is 9.18 Å². The van der Waals surface area contributed by atoms with Gasteiger partial charge in [-0.25, -0.2) is 4.39 Å². The van der Waals surface area contributed by atoms with Crippen molar-refractivity contribution in [3.05, 3.63) is 36.0 Å². The van der Waals surface area contributed by atoms with Crippen LogP contribution in [0.4, 0.5) is 4.39 Å². The van der Waals surface area contributed by atoms with Gasteiger partial charge < -0.3 is 19.6 Å². The van der Waals surface area contributed by atoms with Gasteiger partial charge in [0, 0.05) is 51.3 Å². The molecular formula is C20H26FN5O2. The van der Waals surface area contributed by atoms with Crippen LogP contribution in [0.3, 0.4) is 0 Å². The van der Waals surface area contributed by atoms with Gasteiger partial charge in [0.25, 0.3) is 0 Å². The smallest absolute Gasteiger partial charge is 0.231 e. The van der Waals surface area contributed by atoms with Crippen molar-refractivity contribution in [3.8, 4) is 11.4 Å². The molecule has 0 radical (unpaired) electrons. The zero-order valence-electron chi connectivity index (χ0n) is 15.9. The molecule has 2 saturated heterocycles. The molecule has 2 aliphatic heterocycles. The Morgan fingerprint density at radius 2 is 2.00 bits per heavy atom. The zero-order chi connectivity index (χ0) is 19.3. The number of nitrogens with zero attached hydrogens (tertiary/aromatic N) is 4. The van der Waals surface area contributed by atoms with Crippen molar-refractivity contribution < 1.29 is 13.7 Å². The minimum Gasteiger partial charge on any atom is -0.340 e. The van der Waals surface area contributed by atoms with Gasteiger partial charge in [0.1, 0.15) is 5.82 Å². The van der Waals surface area contributed by atoms with Gasteiger partial charge in [-0.15, -0.1) is 0 Å². The number of carbonyl (C=O) groups excluding carboxylic acids is 1. The second kappa shape index (κ2) is 8.79. The molecule has 0 spiro atoms. The third kappa shape index (κ3) is 4.56. The van der Waals surface area contributed by atoms with Crippen LogP contribution in [-0.4, -0.2) is 71.7 Å². The summed E-state index contributed by atoms with van der Waals surface area (Å²) in [6.07, 6.45) is 2.59. The van der Waals surface area contributed by atoms with Crippen LogP contribution in [0.25, 0.3) is 11.4 Å². The molecule has 2 aliphatic rings. The number of amides is 1. The Morgan fingerprint density at radius 1 is 1.21 bits per heavy atom.